The lowest BCUT2D eigenvalue weighted by molar-refractivity contribution is 0.241. The Morgan fingerprint density at radius 3 is 3.00 bits per heavy atom. The molecular formula is C10H18N4OS. The van der Waals surface area contributed by atoms with Gasteiger partial charge in [0.25, 0.3) is 0 Å². The monoisotopic (exact) mass is 242 g/mol. The third kappa shape index (κ3) is 5.65. The van der Waals surface area contributed by atoms with Gasteiger partial charge >= 0.3 is 6.03 Å². The van der Waals surface area contributed by atoms with Crippen molar-refractivity contribution in [3.8, 4) is 0 Å². The summed E-state index contributed by atoms with van der Waals surface area (Å²) in [5.41, 5.74) is 0.895. The van der Waals surface area contributed by atoms with Crippen LogP contribution in [0, 0.1) is 0 Å². The van der Waals surface area contributed by atoms with E-state index in [0.717, 1.165) is 11.4 Å². The molecule has 3 N–H and O–H groups in total. The first-order valence-electron chi connectivity index (χ1n) is 5.30. The van der Waals surface area contributed by atoms with Crippen molar-refractivity contribution in [2.24, 2.45) is 0 Å². The second-order valence-corrected chi connectivity index (χ2v) is 5.30. The van der Waals surface area contributed by atoms with Crippen LogP contribution < -0.4 is 10.6 Å². The smallest absolute Gasteiger partial charge is 0.315 e. The summed E-state index contributed by atoms with van der Waals surface area (Å²) in [6.07, 6.45) is 1.66. The molecule has 0 bridgehead atoms. The minimum absolute atomic E-state index is 0.140. The van der Waals surface area contributed by atoms with Crippen molar-refractivity contribution >= 4 is 17.8 Å². The second kappa shape index (κ2) is 7.16. The van der Waals surface area contributed by atoms with E-state index in [0.29, 0.717) is 18.3 Å². The van der Waals surface area contributed by atoms with Crippen LogP contribution in [-0.2, 0) is 6.54 Å². The molecule has 0 aliphatic rings. The van der Waals surface area contributed by atoms with E-state index < -0.39 is 0 Å². The van der Waals surface area contributed by atoms with Gasteiger partial charge in [-0.05, 0) is 11.3 Å². The summed E-state index contributed by atoms with van der Waals surface area (Å²) < 4.78 is 0. The van der Waals surface area contributed by atoms with Crippen molar-refractivity contribution < 1.29 is 4.79 Å². The third-order valence-electron chi connectivity index (χ3n) is 1.84. The first kappa shape index (κ1) is 12.9. The molecule has 0 saturated carbocycles. The molecule has 0 saturated heterocycles. The van der Waals surface area contributed by atoms with E-state index in [-0.39, 0.29) is 6.03 Å². The van der Waals surface area contributed by atoms with E-state index in [9.17, 15) is 4.79 Å². The number of rotatable bonds is 6. The highest BCUT2D eigenvalue weighted by atomic mass is 32.2. The Hall–Kier alpha value is -1.17. The van der Waals surface area contributed by atoms with Crippen LogP contribution in [0.25, 0.3) is 0 Å². The number of carbonyl (C=O) groups is 1. The van der Waals surface area contributed by atoms with Crippen molar-refractivity contribution in [1.29, 1.82) is 0 Å². The number of nitrogens with zero attached hydrogens (tertiary/aromatic N) is 1. The Morgan fingerprint density at radius 2 is 2.38 bits per heavy atom. The lowest BCUT2D eigenvalue weighted by Gasteiger charge is -2.07. The molecular weight excluding hydrogens is 224 g/mol. The van der Waals surface area contributed by atoms with Crippen LogP contribution in [0.2, 0.25) is 0 Å². The van der Waals surface area contributed by atoms with Gasteiger partial charge in [-0.15, -0.1) is 0 Å². The highest BCUT2D eigenvalue weighted by Crippen LogP contribution is 2.06. The molecule has 0 radical (unpaired) electrons. The van der Waals surface area contributed by atoms with Gasteiger partial charge in [0.2, 0.25) is 0 Å². The van der Waals surface area contributed by atoms with Crippen molar-refractivity contribution in [3.63, 3.8) is 0 Å². The average Bonchev–Trinajstić information content (AvgIpc) is 2.74. The topological polar surface area (TPSA) is 69.8 Å². The number of H-pyrrole nitrogens is 1. The van der Waals surface area contributed by atoms with Gasteiger partial charge in [-0.25, -0.2) is 4.79 Å². The Labute approximate surface area is 99.8 Å². The molecule has 5 nitrogen and oxygen atoms in total. The fraction of sp³-hybridized carbons (Fsp3) is 0.600. The molecule has 0 atom stereocenters. The molecule has 0 unspecified atom stereocenters. The van der Waals surface area contributed by atoms with E-state index in [1.54, 1.807) is 6.20 Å². The normalized spacial score (nSPS) is 10.4. The van der Waals surface area contributed by atoms with Gasteiger partial charge in [-0.2, -0.15) is 16.9 Å². The largest absolute Gasteiger partial charge is 0.337 e. The zero-order valence-electron chi connectivity index (χ0n) is 9.62. The van der Waals surface area contributed by atoms with Gasteiger partial charge in [0.05, 0.1) is 12.2 Å². The maximum absolute atomic E-state index is 11.3. The summed E-state index contributed by atoms with van der Waals surface area (Å²) in [5, 5.41) is 12.7. The molecule has 16 heavy (non-hydrogen) atoms. The minimum Gasteiger partial charge on any atom is -0.337 e. The first-order chi connectivity index (χ1) is 7.68. The van der Waals surface area contributed by atoms with Gasteiger partial charge in [0.1, 0.15) is 0 Å². The Balaban J connectivity index is 2.03. The zero-order valence-corrected chi connectivity index (χ0v) is 10.4. The summed E-state index contributed by atoms with van der Waals surface area (Å²) in [6, 6.07) is 1.69. The van der Waals surface area contributed by atoms with E-state index in [1.165, 1.54) is 0 Å². The number of aromatic amines is 1. The summed E-state index contributed by atoms with van der Waals surface area (Å²) in [5.74, 6) is 0.940. The van der Waals surface area contributed by atoms with Crippen LogP contribution in [0.15, 0.2) is 12.3 Å². The summed E-state index contributed by atoms with van der Waals surface area (Å²) in [4.78, 5) is 11.3. The quantitative estimate of drug-likeness (QED) is 0.659. The summed E-state index contributed by atoms with van der Waals surface area (Å²) in [7, 11) is 0. The Kier molecular flexibility index (Phi) is 5.77. The van der Waals surface area contributed by atoms with Crippen LogP contribution in [-0.4, -0.2) is 33.8 Å². The predicted molar refractivity (Wildman–Crippen MR) is 66.4 cm³/mol. The lowest BCUT2D eigenvalue weighted by Crippen LogP contribution is -2.36. The van der Waals surface area contributed by atoms with E-state index >= 15 is 0 Å². The number of urea groups is 1. The number of amides is 2. The van der Waals surface area contributed by atoms with E-state index in [4.69, 9.17) is 0 Å². The first-order valence-corrected chi connectivity index (χ1v) is 6.35. The molecule has 1 rings (SSSR count). The Morgan fingerprint density at radius 1 is 1.56 bits per heavy atom. The van der Waals surface area contributed by atoms with Crippen molar-refractivity contribution in [1.82, 2.24) is 20.8 Å². The molecule has 1 aromatic heterocycles. The van der Waals surface area contributed by atoms with Crippen LogP contribution in [0.4, 0.5) is 4.79 Å². The standard InChI is InChI=1S/C10H18N4OS/c1-8(2)16-6-5-11-10(15)12-7-9-3-4-13-14-9/h3-4,8H,5-7H2,1-2H3,(H,13,14)(H2,11,12,15). The minimum atomic E-state index is -0.140. The molecule has 1 heterocycles. The SMILES string of the molecule is CC(C)SCCNC(=O)NCc1ccn[nH]1. The van der Waals surface area contributed by atoms with Gasteiger partial charge in [-0.1, -0.05) is 13.8 Å². The van der Waals surface area contributed by atoms with Crippen molar-refractivity contribution in [2.75, 3.05) is 12.3 Å². The highest BCUT2D eigenvalue weighted by Gasteiger charge is 2.00. The predicted octanol–water partition coefficient (Wildman–Crippen LogP) is 1.35. The van der Waals surface area contributed by atoms with Gasteiger partial charge < -0.3 is 10.6 Å². The van der Waals surface area contributed by atoms with Crippen LogP contribution in [0.3, 0.4) is 0 Å². The third-order valence-corrected chi connectivity index (χ3v) is 2.94. The fourth-order valence-electron chi connectivity index (χ4n) is 1.08. The van der Waals surface area contributed by atoms with Crippen LogP contribution in [0.1, 0.15) is 19.5 Å². The maximum atomic E-state index is 11.3. The molecule has 1 aromatic rings. The second-order valence-electron chi connectivity index (χ2n) is 3.61. The summed E-state index contributed by atoms with van der Waals surface area (Å²) in [6.45, 7) is 5.45. The van der Waals surface area contributed by atoms with E-state index in [1.807, 2.05) is 17.8 Å². The molecule has 0 aromatic carbocycles. The molecule has 6 heteroatoms. The molecule has 90 valence electrons. The fourth-order valence-corrected chi connectivity index (χ4v) is 1.77. The molecule has 0 aliphatic carbocycles. The number of hydrogen-bond acceptors (Lipinski definition) is 3. The Bertz CT molecular complexity index is 300. The van der Waals surface area contributed by atoms with Gasteiger partial charge in [0.15, 0.2) is 0 Å². The summed E-state index contributed by atoms with van der Waals surface area (Å²) >= 11 is 1.83. The molecule has 0 fully saturated rings. The lowest BCUT2D eigenvalue weighted by atomic mass is 10.4. The maximum Gasteiger partial charge on any atom is 0.315 e. The number of carbonyl (C=O) groups excluding carboxylic acids is 1. The van der Waals surface area contributed by atoms with Crippen LogP contribution >= 0.6 is 11.8 Å². The van der Waals surface area contributed by atoms with E-state index in [2.05, 4.69) is 34.7 Å². The number of aromatic nitrogens is 2. The van der Waals surface area contributed by atoms with Gasteiger partial charge in [-0.3, -0.25) is 5.10 Å². The van der Waals surface area contributed by atoms with Crippen molar-refractivity contribution in [3.05, 3.63) is 18.0 Å². The molecule has 0 aliphatic heterocycles. The van der Waals surface area contributed by atoms with Gasteiger partial charge in [0, 0.05) is 18.5 Å². The number of thioether (sulfide) groups is 1. The number of hydrogen-bond donors (Lipinski definition) is 3. The molecule has 0 spiro atoms. The molecule has 2 amide bonds. The average molecular weight is 242 g/mol. The van der Waals surface area contributed by atoms with Crippen LogP contribution in [0.5, 0.6) is 0 Å². The number of nitrogens with one attached hydrogen (secondary N) is 3. The highest BCUT2D eigenvalue weighted by molar-refractivity contribution is 7.99. The van der Waals surface area contributed by atoms with Crippen molar-refractivity contribution in [2.45, 2.75) is 25.6 Å². The zero-order chi connectivity index (χ0) is 11.8.